The SMILES string of the molecule is C[C@@H]1CN(S(=O)(=O)CC2CCCO2)C[C@H]1CO. The first-order chi connectivity index (χ1) is 8.03. The van der Waals surface area contributed by atoms with Crippen LogP contribution in [0.5, 0.6) is 0 Å². The van der Waals surface area contributed by atoms with Crippen LogP contribution in [-0.4, -0.2) is 56.0 Å². The number of nitrogens with zero attached hydrogens (tertiary/aromatic N) is 1. The predicted octanol–water partition coefficient (Wildman–Crippen LogP) is 0.0554. The van der Waals surface area contributed by atoms with E-state index in [1.54, 1.807) is 0 Å². The average Bonchev–Trinajstić information content (AvgIpc) is 2.87. The van der Waals surface area contributed by atoms with Gasteiger partial charge in [-0.3, -0.25) is 0 Å². The van der Waals surface area contributed by atoms with E-state index in [4.69, 9.17) is 9.84 Å². The lowest BCUT2D eigenvalue weighted by Gasteiger charge is -2.18. The molecule has 17 heavy (non-hydrogen) atoms. The second-order valence-corrected chi connectivity index (χ2v) is 7.16. The highest BCUT2D eigenvalue weighted by atomic mass is 32.2. The summed E-state index contributed by atoms with van der Waals surface area (Å²) in [4.78, 5) is 0. The first-order valence-electron chi connectivity index (χ1n) is 6.23. The molecule has 0 radical (unpaired) electrons. The fourth-order valence-corrected chi connectivity index (χ4v) is 4.39. The third-order valence-corrected chi connectivity index (χ3v) is 5.66. The van der Waals surface area contributed by atoms with E-state index in [9.17, 15) is 8.42 Å². The summed E-state index contributed by atoms with van der Waals surface area (Å²) in [6.45, 7) is 3.71. The first-order valence-corrected chi connectivity index (χ1v) is 7.84. The van der Waals surface area contributed by atoms with Gasteiger partial charge in [0.1, 0.15) is 0 Å². The van der Waals surface area contributed by atoms with Gasteiger partial charge in [0.15, 0.2) is 0 Å². The second kappa shape index (κ2) is 5.22. The molecule has 0 spiro atoms. The molecule has 0 saturated carbocycles. The van der Waals surface area contributed by atoms with Gasteiger partial charge in [0.05, 0.1) is 11.9 Å². The molecule has 0 aromatic rings. The Morgan fingerprint density at radius 2 is 2.18 bits per heavy atom. The standard InChI is InChI=1S/C11H21NO4S/c1-9-5-12(6-10(9)7-13)17(14,15)8-11-3-2-4-16-11/h9-11,13H,2-8H2,1H3/t9-,10+,11?/m1/s1. The summed E-state index contributed by atoms with van der Waals surface area (Å²) in [7, 11) is -3.22. The van der Waals surface area contributed by atoms with E-state index in [-0.39, 0.29) is 30.3 Å². The number of rotatable bonds is 4. The van der Waals surface area contributed by atoms with E-state index >= 15 is 0 Å². The third kappa shape index (κ3) is 2.99. The van der Waals surface area contributed by atoms with E-state index in [1.165, 1.54) is 4.31 Å². The fraction of sp³-hybridized carbons (Fsp3) is 1.00. The summed E-state index contributed by atoms with van der Waals surface area (Å²) in [6.07, 6.45) is 1.66. The van der Waals surface area contributed by atoms with Crippen molar-refractivity contribution in [3.63, 3.8) is 0 Å². The topological polar surface area (TPSA) is 66.8 Å². The summed E-state index contributed by atoms with van der Waals surface area (Å²) < 4.78 is 31.2. The summed E-state index contributed by atoms with van der Waals surface area (Å²) in [5.41, 5.74) is 0. The number of sulfonamides is 1. The van der Waals surface area contributed by atoms with E-state index < -0.39 is 10.0 Å². The molecule has 0 aliphatic carbocycles. The molecule has 2 aliphatic rings. The molecule has 2 fully saturated rings. The van der Waals surface area contributed by atoms with Crippen LogP contribution in [0, 0.1) is 11.8 Å². The van der Waals surface area contributed by atoms with Crippen molar-refractivity contribution in [2.75, 3.05) is 32.1 Å². The first kappa shape index (κ1) is 13.3. The molecule has 3 atom stereocenters. The second-order valence-electron chi connectivity index (χ2n) is 5.15. The van der Waals surface area contributed by atoms with Gasteiger partial charge in [-0.1, -0.05) is 6.92 Å². The lowest BCUT2D eigenvalue weighted by molar-refractivity contribution is 0.126. The zero-order valence-corrected chi connectivity index (χ0v) is 11.0. The Labute approximate surface area is 103 Å². The minimum absolute atomic E-state index is 0.0626. The molecule has 0 bridgehead atoms. The van der Waals surface area contributed by atoms with Crippen LogP contribution in [0.4, 0.5) is 0 Å². The van der Waals surface area contributed by atoms with Crippen LogP contribution < -0.4 is 0 Å². The zero-order valence-electron chi connectivity index (χ0n) is 10.2. The molecule has 2 rings (SSSR count). The molecule has 6 heteroatoms. The molecule has 100 valence electrons. The Morgan fingerprint density at radius 1 is 1.41 bits per heavy atom. The minimum Gasteiger partial charge on any atom is -0.396 e. The minimum atomic E-state index is -3.22. The van der Waals surface area contributed by atoms with Gasteiger partial charge in [0.25, 0.3) is 0 Å². The van der Waals surface area contributed by atoms with Crippen molar-refractivity contribution in [3.8, 4) is 0 Å². The van der Waals surface area contributed by atoms with Gasteiger partial charge in [0.2, 0.25) is 10.0 Å². The number of aliphatic hydroxyl groups is 1. The van der Waals surface area contributed by atoms with Crippen molar-refractivity contribution in [1.29, 1.82) is 0 Å². The van der Waals surface area contributed by atoms with Gasteiger partial charge in [-0.05, 0) is 24.7 Å². The van der Waals surface area contributed by atoms with Crippen molar-refractivity contribution < 1.29 is 18.3 Å². The highest BCUT2D eigenvalue weighted by Crippen LogP contribution is 2.26. The monoisotopic (exact) mass is 263 g/mol. The predicted molar refractivity (Wildman–Crippen MR) is 64.1 cm³/mol. The highest BCUT2D eigenvalue weighted by Gasteiger charge is 2.37. The molecule has 0 aromatic heterocycles. The molecule has 2 heterocycles. The Morgan fingerprint density at radius 3 is 2.71 bits per heavy atom. The Hall–Kier alpha value is -0.170. The van der Waals surface area contributed by atoms with Crippen LogP contribution in [-0.2, 0) is 14.8 Å². The van der Waals surface area contributed by atoms with Gasteiger partial charge >= 0.3 is 0 Å². The zero-order chi connectivity index (χ0) is 12.5. The van der Waals surface area contributed by atoms with Gasteiger partial charge in [0, 0.05) is 26.3 Å². The third-order valence-electron chi connectivity index (χ3n) is 3.78. The highest BCUT2D eigenvalue weighted by molar-refractivity contribution is 7.89. The number of aliphatic hydroxyl groups excluding tert-OH is 1. The molecule has 2 saturated heterocycles. The summed E-state index contributed by atoms with van der Waals surface area (Å²) in [5.74, 6) is 0.409. The van der Waals surface area contributed by atoms with Gasteiger partial charge in [-0.2, -0.15) is 0 Å². The van der Waals surface area contributed by atoms with Gasteiger partial charge in [-0.25, -0.2) is 12.7 Å². The fourth-order valence-electron chi connectivity index (χ4n) is 2.57. The van der Waals surface area contributed by atoms with Crippen molar-refractivity contribution >= 4 is 10.0 Å². The smallest absolute Gasteiger partial charge is 0.216 e. The molecule has 1 N–H and O–H groups in total. The summed E-state index contributed by atoms with van der Waals surface area (Å²) in [5, 5.41) is 9.16. The van der Waals surface area contributed by atoms with Crippen molar-refractivity contribution in [3.05, 3.63) is 0 Å². The molecule has 5 nitrogen and oxygen atoms in total. The molecule has 0 amide bonds. The lowest BCUT2D eigenvalue weighted by atomic mass is 10.00. The molecule has 1 unspecified atom stereocenters. The van der Waals surface area contributed by atoms with E-state index in [1.807, 2.05) is 6.92 Å². The average molecular weight is 263 g/mol. The van der Waals surface area contributed by atoms with Crippen LogP contribution >= 0.6 is 0 Å². The number of ether oxygens (including phenoxy) is 1. The maximum Gasteiger partial charge on any atom is 0.216 e. The Kier molecular flexibility index (Phi) is 4.07. The van der Waals surface area contributed by atoms with Crippen LogP contribution in [0.1, 0.15) is 19.8 Å². The van der Waals surface area contributed by atoms with Gasteiger partial charge < -0.3 is 9.84 Å². The largest absolute Gasteiger partial charge is 0.396 e. The molecule has 2 aliphatic heterocycles. The van der Waals surface area contributed by atoms with Crippen molar-refractivity contribution in [1.82, 2.24) is 4.31 Å². The van der Waals surface area contributed by atoms with E-state index in [0.29, 0.717) is 19.7 Å². The maximum atomic E-state index is 12.2. The van der Waals surface area contributed by atoms with Crippen molar-refractivity contribution in [2.45, 2.75) is 25.9 Å². The van der Waals surface area contributed by atoms with Crippen molar-refractivity contribution in [2.24, 2.45) is 11.8 Å². The van der Waals surface area contributed by atoms with E-state index in [2.05, 4.69) is 0 Å². The number of hydrogen-bond donors (Lipinski definition) is 1. The van der Waals surface area contributed by atoms with Crippen LogP contribution in [0.15, 0.2) is 0 Å². The van der Waals surface area contributed by atoms with Crippen LogP contribution in [0.3, 0.4) is 0 Å². The molecular formula is C11H21NO4S. The molecular weight excluding hydrogens is 242 g/mol. The number of hydrogen-bond acceptors (Lipinski definition) is 4. The maximum absolute atomic E-state index is 12.2. The van der Waals surface area contributed by atoms with E-state index in [0.717, 1.165) is 12.8 Å². The van der Waals surface area contributed by atoms with Crippen LogP contribution in [0.25, 0.3) is 0 Å². The molecule has 0 aromatic carbocycles. The lowest BCUT2D eigenvalue weighted by Crippen LogP contribution is -2.35. The van der Waals surface area contributed by atoms with Crippen LogP contribution in [0.2, 0.25) is 0 Å². The summed E-state index contributed by atoms with van der Waals surface area (Å²) >= 11 is 0. The van der Waals surface area contributed by atoms with Gasteiger partial charge in [-0.15, -0.1) is 0 Å². The summed E-state index contributed by atoms with van der Waals surface area (Å²) in [6, 6.07) is 0. The quantitative estimate of drug-likeness (QED) is 0.778. The Balaban J connectivity index is 1.96. The Bertz CT molecular complexity index is 350. The normalized spacial score (nSPS) is 35.5.